The van der Waals surface area contributed by atoms with Crippen LogP contribution in [0.25, 0.3) is 0 Å². The van der Waals surface area contributed by atoms with Gasteiger partial charge < -0.3 is 9.47 Å². The zero-order valence-corrected chi connectivity index (χ0v) is 8.51. The summed E-state index contributed by atoms with van der Waals surface area (Å²) in [5, 5.41) is 0. The van der Waals surface area contributed by atoms with Crippen LogP contribution in [-0.4, -0.2) is 31.8 Å². The summed E-state index contributed by atoms with van der Waals surface area (Å²) in [5.41, 5.74) is 0. The third-order valence-corrected chi connectivity index (χ3v) is 1.47. The Labute approximate surface area is 79.5 Å². The number of hydrogen-bond acceptors (Lipinski definition) is 2. The molecule has 0 spiro atoms. The Balaban J connectivity index is 3.18. The van der Waals surface area contributed by atoms with Crippen molar-refractivity contribution < 1.29 is 9.47 Å². The second-order valence-corrected chi connectivity index (χ2v) is 2.74. The van der Waals surface area contributed by atoms with E-state index in [-0.39, 0.29) is 6.10 Å². The normalized spacial score (nSPS) is 13.9. The highest BCUT2D eigenvalue weighted by atomic mass is 35.5. The molecule has 0 aromatic heterocycles. The molecule has 0 rings (SSSR count). The van der Waals surface area contributed by atoms with Crippen molar-refractivity contribution in [1.82, 2.24) is 0 Å². The molecule has 0 N–H and O–H groups in total. The molecule has 2 nitrogen and oxygen atoms in total. The Morgan fingerprint density at radius 1 is 1.42 bits per heavy atom. The summed E-state index contributed by atoms with van der Waals surface area (Å²) in [6, 6.07) is 0. The quantitative estimate of drug-likeness (QED) is 0.455. The molecule has 12 heavy (non-hydrogen) atoms. The molecule has 0 saturated heterocycles. The molecule has 0 aliphatic heterocycles. The fourth-order valence-corrected chi connectivity index (χ4v) is 0.809. The highest BCUT2D eigenvalue weighted by Crippen LogP contribution is 1.92. The topological polar surface area (TPSA) is 18.5 Å². The van der Waals surface area contributed by atoms with Gasteiger partial charge in [-0.15, -0.1) is 11.6 Å². The predicted octanol–water partition coefficient (Wildman–Crippen LogP) is 2.22. The SMILES string of the molecule is CCOCC(C)OC/C=C/CCl. The van der Waals surface area contributed by atoms with Crippen molar-refractivity contribution in [3.8, 4) is 0 Å². The molecule has 1 atom stereocenters. The first-order valence-corrected chi connectivity index (χ1v) is 4.75. The molecule has 3 heteroatoms. The van der Waals surface area contributed by atoms with Crippen molar-refractivity contribution in [2.24, 2.45) is 0 Å². The summed E-state index contributed by atoms with van der Waals surface area (Å²) in [6.07, 6.45) is 3.94. The number of rotatable bonds is 7. The van der Waals surface area contributed by atoms with Gasteiger partial charge in [-0.25, -0.2) is 0 Å². The van der Waals surface area contributed by atoms with Crippen LogP contribution in [0, 0.1) is 0 Å². The Morgan fingerprint density at radius 2 is 2.17 bits per heavy atom. The second kappa shape index (κ2) is 9.04. The molecular weight excluding hydrogens is 176 g/mol. The summed E-state index contributed by atoms with van der Waals surface area (Å²) in [4.78, 5) is 0. The number of hydrogen-bond donors (Lipinski definition) is 0. The molecule has 0 bridgehead atoms. The van der Waals surface area contributed by atoms with Gasteiger partial charge in [0.25, 0.3) is 0 Å². The third-order valence-electron chi connectivity index (χ3n) is 1.29. The van der Waals surface area contributed by atoms with Crippen LogP contribution in [0.2, 0.25) is 0 Å². The van der Waals surface area contributed by atoms with Crippen molar-refractivity contribution in [3.63, 3.8) is 0 Å². The minimum Gasteiger partial charge on any atom is -0.379 e. The molecule has 0 aliphatic rings. The van der Waals surface area contributed by atoms with E-state index in [9.17, 15) is 0 Å². The minimum absolute atomic E-state index is 0.157. The lowest BCUT2D eigenvalue weighted by molar-refractivity contribution is 0.00836. The summed E-state index contributed by atoms with van der Waals surface area (Å²) in [5.74, 6) is 0.545. The first-order chi connectivity index (χ1) is 5.81. The fraction of sp³-hybridized carbons (Fsp3) is 0.778. The second-order valence-electron chi connectivity index (χ2n) is 2.43. The van der Waals surface area contributed by atoms with Crippen molar-refractivity contribution in [1.29, 1.82) is 0 Å². The smallest absolute Gasteiger partial charge is 0.0784 e. The van der Waals surface area contributed by atoms with Crippen LogP contribution in [0.4, 0.5) is 0 Å². The first kappa shape index (κ1) is 11.9. The summed E-state index contributed by atoms with van der Waals surface area (Å²) < 4.78 is 10.6. The Bertz CT molecular complexity index is 115. The van der Waals surface area contributed by atoms with Gasteiger partial charge in [-0.3, -0.25) is 0 Å². The van der Waals surface area contributed by atoms with Crippen LogP contribution < -0.4 is 0 Å². The summed E-state index contributed by atoms with van der Waals surface area (Å²) >= 11 is 5.43. The third kappa shape index (κ3) is 8.05. The van der Waals surface area contributed by atoms with Crippen LogP contribution in [0.1, 0.15) is 13.8 Å². The molecule has 0 amide bonds. The van der Waals surface area contributed by atoms with Gasteiger partial charge in [0.1, 0.15) is 0 Å². The van der Waals surface area contributed by atoms with Crippen LogP contribution >= 0.6 is 11.6 Å². The Kier molecular flexibility index (Phi) is 9.00. The average Bonchev–Trinajstić information content (AvgIpc) is 2.09. The number of halogens is 1. The highest BCUT2D eigenvalue weighted by Gasteiger charge is 1.98. The number of alkyl halides is 1. The Morgan fingerprint density at radius 3 is 2.75 bits per heavy atom. The van der Waals surface area contributed by atoms with Gasteiger partial charge in [-0.2, -0.15) is 0 Å². The van der Waals surface area contributed by atoms with Crippen LogP contribution in [0.5, 0.6) is 0 Å². The number of ether oxygens (including phenoxy) is 2. The molecule has 0 saturated carbocycles. The molecule has 1 unspecified atom stereocenters. The average molecular weight is 193 g/mol. The van der Waals surface area contributed by atoms with Gasteiger partial charge in [0.2, 0.25) is 0 Å². The molecule has 0 aromatic carbocycles. The molecule has 0 aromatic rings. The van der Waals surface area contributed by atoms with Gasteiger partial charge >= 0.3 is 0 Å². The molecule has 0 heterocycles. The van der Waals surface area contributed by atoms with Crippen LogP contribution in [0.15, 0.2) is 12.2 Å². The van der Waals surface area contributed by atoms with E-state index in [1.807, 2.05) is 26.0 Å². The summed E-state index contributed by atoms with van der Waals surface area (Å²) in [7, 11) is 0. The van der Waals surface area contributed by atoms with Gasteiger partial charge in [-0.1, -0.05) is 12.2 Å². The molecule has 0 radical (unpaired) electrons. The molecular formula is C9H17ClO2. The van der Waals surface area contributed by atoms with Crippen molar-refractivity contribution in [2.45, 2.75) is 20.0 Å². The van der Waals surface area contributed by atoms with E-state index in [1.165, 1.54) is 0 Å². The van der Waals surface area contributed by atoms with Crippen molar-refractivity contribution in [2.75, 3.05) is 25.7 Å². The zero-order valence-electron chi connectivity index (χ0n) is 7.75. The maximum Gasteiger partial charge on any atom is 0.0784 e. The maximum absolute atomic E-state index is 5.43. The van der Waals surface area contributed by atoms with E-state index in [0.717, 1.165) is 6.61 Å². The van der Waals surface area contributed by atoms with E-state index >= 15 is 0 Å². The lowest BCUT2D eigenvalue weighted by Crippen LogP contribution is -2.15. The van der Waals surface area contributed by atoms with E-state index in [2.05, 4.69) is 0 Å². The van der Waals surface area contributed by atoms with Gasteiger partial charge in [0, 0.05) is 12.5 Å². The van der Waals surface area contributed by atoms with Gasteiger partial charge in [0.05, 0.1) is 19.3 Å². The van der Waals surface area contributed by atoms with E-state index in [0.29, 0.717) is 19.1 Å². The largest absolute Gasteiger partial charge is 0.379 e. The predicted molar refractivity (Wildman–Crippen MR) is 51.8 cm³/mol. The van der Waals surface area contributed by atoms with Gasteiger partial charge in [0.15, 0.2) is 0 Å². The monoisotopic (exact) mass is 192 g/mol. The van der Waals surface area contributed by atoms with E-state index in [4.69, 9.17) is 21.1 Å². The fourth-order valence-electron chi connectivity index (χ4n) is 0.683. The Hall–Kier alpha value is -0.0500. The minimum atomic E-state index is 0.157. The molecule has 0 fully saturated rings. The molecule has 0 aliphatic carbocycles. The number of allylic oxidation sites excluding steroid dienone is 1. The molecule has 72 valence electrons. The van der Waals surface area contributed by atoms with Crippen LogP contribution in [-0.2, 0) is 9.47 Å². The highest BCUT2D eigenvalue weighted by molar-refractivity contribution is 6.18. The maximum atomic E-state index is 5.43. The standard InChI is InChI=1S/C9H17ClO2/c1-3-11-8-9(2)12-7-5-4-6-10/h4-5,9H,3,6-8H2,1-2H3/b5-4+. The van der Waals surface area contributed by atoms with E-state index in [1.54, 1.807) is 0 Å². The van der Waals surface area contributed by atoms with Crippen molar-refractivity contribution >= 4 is 11.6 Å². The van der Waals surface area contributed by atoms with Crippen molar-refractivity contribution in [3.05, 3.63) is 12.2 Å². The first-order valence-electron chi connectivity index (χ1n) is 4.21. The zero-order chi connectivity index (χ0) is 9.23. The van der Waals surface area contributed by atoms with E-state index < -0.39 is 0 Å². The summed E-state index contributed by atoms with van der Waals surface area (Å²) in [6.45, 7) is 5.97. The van der Waals surface area contributed by atoms with Crippen LogP contribution in [0.3, 0.4) is 0 Å². The van der Waals surface area contributed by atoms with Gasteiger partial charge in [-0.05, 0) is 13.8 Å². The lowest BCUT2D eigenvalue weighted by atomic mass is 10.4. The lowest BCUT2D eigenvalue weighted by Gasteiger charge is -2.10.